The zero-order valence-corrected chi connectivity index (χ0v) is 9.80. The molecule has 4 nitrogen and oxygen atoms in total. The van der Waals surface area contributed by atoms with E-state index >= 15 is 0 Å². The summed E-state index contributed by atoms with van der Waals surface area (Å²) in [5, 5.41) is 15.4. The fourth-order valence-corrected chi connectivity index (χ4v) is 0. The summed E-state index contributed by atoms with van der Waals surface area (Å²) in [5.74, 6) is -1.49. The first kappa shape index (κ1) is 16.9. The standard InChI is InChI=1S/2C3H6O2.Zn/c2*1-2-3(4)5;/h2*2H2,1H3,(H,4,5);. The summed E-state index contributed by atoms with van der Waals surface area (Å²) in [6.07, 6.45) is 0.444. The summed E-state index contributed by atoms with van der Waals surface area (Å²) in [5.41, 5.74) is 0. The summed E-state index contributed by atoms with van der Waals surface area (Å²) in [7, 11) is 0. The molecule has 5 heteroatoms. The summed E-state index contributed by atoms with van der Waals surface area (Å²) in [6.45, 7) is 3.20. The van der Waals surface area contributed by atoms with E-state index in [2.05, 4.69) is 0 Å². The molecule has 0 rings (SSSR count). The van der Waals surface area contributed by atoms with E-state index in [4.69, 9.17) is 10.2 Å². The Labute approximate surface area is 78.4 Å². The number of carboxylic acids is 2. The van der Waals surface area contributed by atoms with Gasteiger partial charge in [0.25, 0.3) is 0 Å². The number of hydrogen-bond acceptors (Lipinski definition) is 2. The molecule has 0 aromatic heterocycles. The van der Waals surface area contributed by atoms with Gasteiger partial charge in [0, 0.05) is 32.3 Å². The molecule has 0 aliphatic carbocycles. The maximum Gasteiger partial charge on any atom is 0.303 e. The van der Waals surface area contributed by atoms with Crippen molar-refractivity contribution in [2.24, 2.45) is 0 Å². The monoisotopic (exact) mass is 212 g/mol. The first-order valence-corrected chi connectivity index (χ1v) is 2.98. The Morgan fingerprint density at radius 1 is 1.00 bits per heavy atom. The minimum atomic E-state index is -0.745. The third-order valence-corrected chi connectivity index (χ3v) is 0.605. The van der Waals surface area contributed by atoms with E-state index in [0.29, 0.717) is 0 Å². The summed E-state index contributed by atoms with van der Waals surface area (Å²) in [6, 6.07) is 0. The molecule has 0 heterocycles. The molecule has 0 aliphatic rings. The first-order chi connectivity index (χ1) is 4.54. The zero-order valence-electron chi connectivity index (χ0n) is 6.83. The van der Waals surface area contributed by atoms with E-state index in [-0.39, 0.29) is 32.3 Å². The van der Waals surface area contributed by atoms with Gasteiger partial charge in [-0.2, -0.15) is 0 Å². The average Bonchev–Trinajstić information content (AvgIpc) is 1.89. The van der Waals surface area contributed by atoms with Crippen molar-refractivity contribution in [1.82, 2.24) is 0 Å². The third-order valence-electron chi connectivity index (χ3n) is 0.605. The molecule has 0 atom stereocenters. The molecular formula is C6H12O4Zn. The van der Waals surface area contributed by atoms with Crippen molar-refractivity contribution in [3.63, 3.8) is 0 Å². The molecule has 0 saturated carbocycles. The van der Waals surface area contributed by atoms with Crippen molar-refractivity contribution >= 4 is 11.9 Å². The van der Waals surface area contributed by atoms with Crippen molar-refractivity contribution in [2.45, 2.75) is 26.7 Å². The van der Waals surface area contributed by atoms with Crippen LogP contribution in [0.15, 0.2) is 0 Å². The van der Waals surface area contributed by atoms with Gasteiger partial charge in [-0.1, -0.05) is 13.8 Å². The number of carbonyl (C=O) groups is 2. The van der Waals surface area contributed by atoms with Crippen LogP contribution in [0.2, 0.25) is 0 Å². The maximum absolute atomic E-state index is 9.37. The molecule has 0 aromatic carbocycles. The minimum Gasteiger partial charge on any atom is -0.481 e. The van der Waals surface area contributed by atoms with Crippen LogP contribution in [-0.4, -0.2) is 22.2 Å². The Morgan fingerprint density at radius 3 is 1.09 bits per heavy atom. The molecule has 0 bridgehead atoms. The smallest absolute Gasteiger partial charge is 0.303 e. The fraction of sp³-hybridized carbons (Fsp3) is 0.667. The van der Waals surface area contributed by atoms with Gasteiger partial charge in [-0.3, -0.25) is 9.59 Å². The Hall–Kier alpha value is -0.437. The topological polar surface area (TPSA) is 74.6 Å². The van der Waals surface area contributed by atoms with Crippen LogP contribution in [0, 0.1) is 0 Å². The molecule has 0 fully saturated rings. The molecule has 0 amide bonds. The Kier molecular flexibility index (Phi) is 18.8. The molecule has 62 valence electrons. The van der Waals surface area contributed by atoms with Gasteiger partial charge < -0.3 is 10.2 Å². The second-order valence-electron chi connectivity index (χ2n) is 1.49. The summed E-state index contributed by atoms with van der Waals surface area (Å²) < 4.78 is 0. The van der Waals surface area contributed by atoms with E-state index in [1.54, 1.807) is 13.8 Å². The van der Waals surface area contributed by atoms with Crippen LogP contribution in [0.25, 0.3) is 0 Å². The predicted octanol–water partition coefficient (Wildman–Crippen LogP) is 0.960. The van der Waals surface area contributed by atoms with Crippen LogP contribution in [0.1, 0.15) is 26.7 Å². The van der Waals surface area contributed by atoms with E-state index in [1.807, 2.05) is 0 Å². The SMILES string of the molecule is CCC(=O)O.CCC(=O)O.[Zn]. The zero-order chi connectivity index (χ0) is 8.57. The third kappa shape index (κ3) is 43.1. The van der Waals surface area contributed by atoms with Gasteiger partial charge in [0.15, 0.2) is 0 Å². The van der Waals surface area contributed by atoms with Crippen LogP contribution >= 0.6 is 0 Å². The quantitative estimate of drug-likeness (QED) is 0.670. The molecular weight excluding hydrogens is 201 g/mol. The Balaban J connectivity index is -0.000000107. The van der Waals surface area contributed by atoms with Gasteiger partial charge in [-0.15, -0.1) is 0 Å². The van der Waals surface area contributed by atoms with Gasteiger partial charge in [0.05, 0.1) is 0 Å². The van der Waals surface area contributed by atoms with E-state index < -0.39 is 11.9 Å². The summed E-state index contributed by atoms with van der Waals surface area (Å²) >= 11 is 0. The number of rotatable bonds is 2. The first-order valence-electron chi connectivity index (χ1n) is 2.98. The molecule has 0 aliphatic heterocycles. The van der Waals surface area contributed by atoms with Gasteiger partial charge >= 0.3 is 11.9 Å². The molecule has 2 N–H and O–H groups in total. The predicted molar refractivity (Wildman–Crippen MR) is 35.9 cm³/mol. The number of carboxylic acid groups (broad SMARTS) is 2. The van der Waals surface area contributed by atoms with Crippen molar-refractivity contribution in [1.29, 1.82) is 0 Å². The molecule has 11 heavy (non-hydrogen) atoms. The molecule has 0 saturated heterocycles. The minimum absolute atomic E-state index is 0. The number of hydrogen-bond donors (Lipinski definition) is 2. The van der Waals surface area contributed by atoms with Gasteiger partial charge in [-0.25, -0.2) is 0 Å². The van der Waals surface area contributed by atoms with E-state index in [9.17, 15) is 9.59 Å². The molecule has 0 radical (unpaired) electrons. The van der Waals surface area contributed by atoms with Crippen molar-refractivity contribution in [3.8, 4) is 0 Å². The van der Waals surface area contributed by atoms with E-state index in [0.717, 1.165) is 0 Å². The average molecular weight is 214 g/mol. The van der Waals surface area contributed by atoms with Crippen LogP contribution in [0.4, 0.5) is 0 Å². The molecule has 0 unspecified atom stereocenters. The molecule has 0 spiro atoms. The summed E-state index contributed by atoms with van der Waals surface area (Å²) in [4.78, 5) is 18.7. The fourth-order valence-electron chi connectivity index (χ4n) is 0. The maximum atomic E-state index is 9.37. The van der Waals surface area contributed by atoms with Gasteiger partial charge in [0.1, 0.15) is 0 Å². The second kappa shape index (κ2) is 12.3. The normalized spacial score (nSPS) is 6.73. The second-order valence-corrected chi connectivity index (χ2v) is 1.49. The van der Waals surface area contributed by atoms with Gasteiger partial charge in [0.2, 0.25) is 0 Å². The van der Waals surface area contributed by atoms with Gasteiger partial charge in [-0.05, 0) is 0 Å². The van der Waals surface area contributed by atoms with Crippen molar-refractivity contribution < 1.29 is 39.3 Å². The number of aliphatic carboxylic acids is 2. The van der Waals surface area contributed by atoms with E-state index in [1.165, 1.54) is 0 Å². The Morgan fingerprint density at radius 2 is 1.09 bits per heavy atom. The molecule has 0 aromatic rings. The van der Waals surface area contributed by atoms with Crippen LogP contribution in [0.3, 0.4) is 0 Å². The van der Waals surface area contributed by atoms with Crippen molar-refractivity contribution in [2.75, 3.05) is 0 Å². The van der Waals surface area contributed by atoms with Crippen LogP contribution < -0.4 is 0 Å². The van der Waals surface area contributed by atoms with Crippen LogP contribution in [0.5, 0.6) is 0 Å². The van der Waals surface area contributed by atoms with Crippen LogP contribution in [-0.2, 0) is 29.1 Å². The van der Waals surface area contributed by atoms with Crippen molar-refractivity contribution in [3.05, 3.63) is 0 Å². The Bertz CT molecular complexity index is 99.1. The largest absolute Gasteiger partial charge is 0.481 e.